The van der Waals surface area contributed by atoms with E-state index >= 15 is 0 Å². The molecule has 1 N–H and O–H groups in total. The molecule has 1 unspecified atom stereocenters. The van der Waals surface area contributed by atoms with Gasteiger partial charge in [0, 0.05) is 22.0 Å². The maximum absolute atomic E-state index is 5.39. The van der Waals surface area contributed by atoms with Crippen LogP contribution in [0.25, 0.3) is 88.8 Å². The van der Waals surface area contributed by atoms with Crippen molar-refractivity contribution >= 4 is 33.3 Å². The van der Waals surface area contributed by atoms with Gasteiger partial charge in [-0.3, -0.25) is 0 Å². The molecule has 3 heteroatoms. The second-order valence-corrected chi connectivity index (χ2v) is 17.2. The predicted octanol–water partition coefficient (Wildman–Crippen LogP) is 16.3. The third-order valence-electron chi connectivity index (χ3n) is 13.1. The summed E-state index contributed by atoms with van der Waals surface area (Å²) in [7, 11) is 0. The van der Waals surface area contributed by atoms with E-state index in [0.29, 0.717) is 0 Å². The minimum absolute atomic E-state index is 0.122. The molecule has 67 heavy (non-hydrogen) atoms. The third kappa shape index (κ3) is 7.83. The molecule has 0 saturated carbocycles. The molecule has 316 valence electrons. The van der Waals surface area contributed by atoms with Gasteiger partial charge in [-0.2, -0.15) is 0 Å². The summed E-state index contributed by atoms with van der Waals surface area (Å²) < 4.78 is 2.37. The van der Waals surface area contributed by atoms with Gasteiger partial charge in [0.15, 0.2) is 0 Å². The zero-order valence-electron chi connectivity index (χ0n) is 36.8. The van der Waals surface area contributed by atoms with Crippen molar-refractivity contribution in [2.75, 3.05) is 0 Å². The first-order chi connectivity index (χ1) is 33.2. The molecule has 0 saturated heterocycles. The van der Waals surface area contributed by atoms with E-state index in [2.05, 4.69) is 271 Å². The topological polar surface area (TPSA) is 29.3 Å². The summed E-state index contributed by atoms with van der Waals surface area (Å²) in [6, 6.07) is 91.4. The summed E-state index contributed by atoms with van der Waals surface area (Å²) in [4.78, 5) is 5.39. The molecule has 0 aliphatic carbocycles. The van der Waals surface area contributed by atoms with Crippen LogP contribution in [0.5, 0.6) is 0 Å². The molecular weight excluding hydrogens is 811 g/mol. The second kappa shape index (κ2) is 17.3. The van der Waals surface area contributed by atoms with Crippen molar-refractivity contribution in [2.45, 2.75) is 6.04 Å². The molecule has 1 aromatic heterocycles. The number of amidine groups is 1. The van der Waals surface area contributed by atoms with E-state index in [9.17, 15) is 0 Å². The fourth-order valence-corrected chi connectivity index (χ4v) is 9.63. The number of hydrogen-bond donors (Lipinski definition) is 1. The van der Waals surface area contributed by atoms with Crippen LogP contribution in [0.4, 0.5) is 0 Å². The van der Waals surface area contributed by atoms with Gasteiger partial charge in [0.1, 0.15) is 5.84 Å². The summed E-state index contributed by atoms with van der Waals surface area (Å²) in [6.45, 7) is 0. The highest BCUT2D eigenvalue weighted by Crippen LogP contribution is 2.36. The Labute approximate surface area is 391 Å². The van der Waals surface area contributed by atoms with E-state index in [4.69, 9.17) is 4.99 Å². The minimum atomic E-state index is -0.122. The molecule has 0 bridgehead atoms. The van der Waals surface area contributed by atoms with Crippen LogP contribution in [0.3, 0.4) is 0 Å². The quantitative estimate of drug-likeness (QED) is 0.154. The van der Waals surface area contributed by atoms with Crippen molar-refractivity contribution in [3.8, 4) is 61.3 Å². The van der Waals surface area contributed by atoms with Crippen molar-refractivity contribution in [3.05, 3.63) is 278 Å². The fraction of sp³-hybridized carbons (Fsp3) is 0.0156. The molecule has 11 aromatic rings. The SMILES string of the molecule is C1=C(c2ccc(-c3cccc(-c4ccccc4)c3)cc2)N=C(c2cccc(-n3c4ccccc4c4ccccc43)c2)NC1c1ccc(-c2cccc(-c3cccc(-c4ccccc4)c3)c2)cc1. The van der Waals surface area contributed by atoms with Crippen LogP contribution in [-0.2, 0) is 0 Å². The molecule has 1 atom stereocenters. The Morgan fingerprint density at radius 3 is 1.22 bits per heavy atom. The standard InChI is InChI=1S/C64H45N3/c1-3-15-44(16-4-1)50-19-11-21-52(39-50)46-31-35-48(36-32-46)60-43-61(66-64(65-60)56-25-14-26-57(42-56)67-62-29-9-7-27-58(62)59-28-8-10-30-63(59)67)49-37-33-47(34-38-49)53-22-13-24-55(41-53)54-23-12-20-51(40-54)45-17-5-2-6-18-45/h1-43,61H,(H,65,66). The van der Waals surface area contributed by atoms with Crippen LogP contribution in [0.2, 0.25) is 0 Å². The van der Waals surface area contributed by atoms with Gasteiger partial charge in [-0.15, -0.1) is 0 Å². The highest BCUT2D eigenvalue weighted by atomic mass is 15.1. The van der Waals surface area contributed by atoms with Crippen LogP contribution >= 0.6 is 0 Å². The Kier molecular flexibility index (Phi) is 10.3. The number of aromatic nitrogens is 1. The van der Waals surface area contributed by atoms with Crippen LogP contribution in [0.15, 0.2) is 266 Å². The van der Waals surface area contributed by atoms with E-state index < -0.39 is 0 Å². The number of hydrogen-bond acceptors (Lipinski definition) is 2. The highest BCUT2D eigenvalue weighted by molar-refractivity contribution is 6.10. The van der Waals surface area contributed by atoms with Gasteiger partial charge in [0.2, 0.25) is 0 Å². The summed E-state index contributed by atoms with van der Waals surface area (Å²) in [6.07, 6.45) is 2.26. The lowest BCUT2D eigenvalue weighted by Crippen LogP contribution is -2.31. The molecule has 12 rings (SSSR count). The number of aliphatic imine (C=N–C) groups is 1. The summed E-state index contributed by atoms with van der Waals surface area (Å²) in [5.74, 6) is 0.833. The van der Waals surface area contributed by atoms with E-state index in [0.717, 1.165) is 33.9 Å². The number of fused-ring (bicyclic) bond motifs is 3. The Bertz CT molecular complexity index is 3580. The second-order valence-electron chi connectivity index (χ2n) is 17.2. The van der Waals surface area contributed by atoms with Crippen LogP contribution in [-0.4, -0.2) is 10.4 Å². The van der Waals surface area contributed by atoms with Gasteiger partial charge in [-0.05, 0) is 115 Å². The molecule has 0 fully saturated rings. The third-order valence-corrected chi connectivity index (χ3v) is 13.1. The average molecular weight is 856 g/mol. The fourth-order valence-electron chi connectivity index (χ4n) is 9.63. The lowest BCUT2D eigenvalue weighted by atomic mass is 9.94. The molecule has 0 spiro atoms. The molecule has 2 heterocycles. The van der Waals surface area contributed by atoms with Crippen LogP contribution in [0.1, 0.15) is 22.7 Å². The van der Waals surface area contributed by atoms with Gasteiger partial charge >= 0.3 is 0 Å². The van der Waals surface area contributed by atoms with Crippen LogP contribution < -0.4 is 5.32 Å². The monoisotopic (exact) mass is 855 g/mol. The van der Waals surface area contributed by atoms with Gasteiger partial charge in [-0.1, -0.05) is 212 Å². The maximum atomic E-state index is 5.39. The molecular formula is C64H45N3. The normalized spacial score (nSPS) is 13.5. The predicted molar refractivity (Wildman–Crippen MR) is 281 cm³/mol. The number of nitrogens with zero attached hydrogens (tertiary/aromatic N) is 2. The Balaban J connectivity index is 0.894. The zero-order valence-corrected chi connectivity index (χ0v) is 36.8. The highest BCUT2D eigenvalue weighted by Gasteiger charge is 2.21. The first-order valence-electron chi connectivity index (χ1n) is 23.0. The van der Waals surface area contributed by atoms with Gasteiger partial charge in [-0.25, -0.2) is 4.99 Å². The number of rotatable bonds is 9. The van der Waals surface area contributed by atoms with E-state index in [1.54, 1.807) is 0 Å². The molecule has 10 aromatic carbocycles. The number of para-hydroxylation sites is 2. The van der Waals surface area contributed by atoms with Crippen molar-refractivity contribution in [3.63, 3.8) is 0 Å². The Hall–Kier alpha value is -8.79. The lowest BCUT2D eigenvalue weighted by Gasteiger charge is -2.25. The van der Waals surface area contributed by atoms with Crippen molar-refractivity contribution in [1.29, 1.82) is 0 Å². The first kappa shape index (κ1) is 39.8. The largest absolute Gasteiger partial charge is 0.359 e. The van der Waals surface area contributed by atoms with Crippen molar-refractivity contribution < 1.29 is 0 Å². The molecule has 1 aliphatic heterocycles. The number of benzene rings is 10. The zero-order chi connectivity index (χ0) is 44.5. The smallest absolute Gasteiger partial charge is 0.134 e. The van der Waals surface area contributed by atoms with Gasteiger partial charge in [0.25, 0.3) is 0 Å². The van der Waals surface area contributed by atoms with Crippen molar-refractivity contribution in [2.24, 2.45) is 4.99 Å². The molecule has 0 amide bonds. The summed E-state index contributed by atoms with van der Waals surface area (Å²) in [5.41, 5.74) is 19.6. The minimum Gasteiger partial charge on any atom is -0.359 e. The molecule has 0 radical (unpaired) electrons. The van der Waals surface area contributed by atoms with E-state index in [1.807, 2.05) is 0 Å². The maximum Gasteiger partial charge on any atom is 0.134 e. The summed E-state index contributed by atoms with van der Waals surface area (Å²) in [5, 5.41) is 6.35. The lowest BCUT2D eigenvalue weighted by molar-refractivity contribution is 0.781. The number of nitrogens with one attached hydrogen (secondary N) is 1. The summed E-state index contributed by atoms with van der Waals surface area (Å²) >= 11 is 0. The molecule has 1 aliphatic rings. The van der Waals surface area contributed by atoms with Crippen molar-refractivity contribution in [1.82, 2.24) is 9.88 Å². The Morgan fingerprint density at radius 2 is 0.701 bits per heavy atom. The van der Waals surface area contributed by atoms with Gasteiger partial charge < -0.3 is 9.88 Å². The Morgan fingerprint density at radius 1 is 0.313 bits per heavy atom. The van der Waals surface area contributed by atoms with Gasteiger partial charge in [0.05, 0.1) is 22.8 Å². The van der Waals surface area contributed by atoms with E-state index in [-0.39, 0.29) is 6.04 Å². The average Bonchev–Trinajstić information content (AvgIpc) is 3.76. The van der Waals surface area contributed by atoms with Crippen LogP contribution in [0, 0.1) is 0 Å². The molecule has 3 nitrogen and oxygen atoms in total. The first-order valence-corrected chi connectivity index (χ1v) is 23.0. The van der Waals surface area contributed by atoms with E-state index in [1.165, 1.54) is 77.4 Å².